The number of carbonyl (C=O) groups is 3. The van der Waals surface area contributed by atoms with E-state index in [1.807, 2.05) is 20.8 Å². The molecule has 0 heterocycles. The highest BCUT2D eigenvalue weighted by Gasteiger charge is 2.33. The number of carboxylic acid groups (broad SMARTS) is 1. The van der Waals surface area contributed by atoms with E-state index in [2.05, 4.69) is 0 Å². The number of ether oxygens (including phenoxy) is 1. The van der Waals surface area contributed by atoms with Gasteiger partial charge in [0.05, 0.1) is 12.5 Å². The maximum absolute atomic E-state index is 12.3. The Morgan fingerprint density at radius 3 is 2.15 bits per heavy atom. The summed E-state index contributed by atoms with van der Waals surface area (Å²) < 4.78 is 5.03. The molecule has 2 N–H and O–H groups in total. The Kier molecular flexibility index (Phi) is 10.3. The summed E-state index contributed by atoms with van der Waals surface area (Å²) in [7, 11) is 1.36. The van der Waals surface area contributed by atoms with Gasteiger partial charge in [-0.05, 0) is 12.3 Å². The van der Waals surface area contributed by atoms with Gasteiger partial charge in [-0.3, -0.25) is 5.41 Å². The van der Waals surface area contributed by atoms with Crippen LogP contribution in [0.4, 0.5) is 4.79 Å². The average Bonchev–Trinajstić information content (AvgIpc) is 2.56. The zero-order valence-corrected chi connectivity index (χ0v) is 16.4. The van der Waals surface area contributed by atoms with Crippen LogP contribution in [0.5, 0.6) is 0 Å². The van der Waals surface area contributed by atoms with Crippen molar-refractivity contribution < 1.29 is 29.1 Å². The first-order valence-corrected chi connectivity index (χ1v) is 8.75. The summed E-state index contributed by atoms with van der Waals surface area (Å²) in [6.45, 7) is 8.82. The SMILES string of the molecule is CCCCC(C(=O)O)N(C)C(=N)N(OC(=O)C(C)C)C(=O)OCC(C)C. The first kappa shape index (κ1) is 23.7. The van der Waals surface area contributed by atoms with Crippen LogP contribution in [-0.4, -0.2) is 58.8 Å². The molecule has 0 aromatic carbocycles. The Morgan fingerprint density at radius 1 is 1.15 bits per heavy atom. The number of hydrogen-bond acceptors (Lipinski definition) is 6. The van der Waals surface area contributed by atoms with E-state index in [0.29, 0.717) is 11.5 Å². The van der Waals surface area contributed by atoms with Crippen molar-refractivity contribution in [3.63, 3.8) is 0 Å². The summed E-state index contributed by atoms with van der Waals surface area (Å²) in [5.41, 5.74) is 0. The number of amides is 1. The zero-order valence-electron chi connectivity index (χ0n) is 16.4. The van der Waals surface area contributed by atoms with Crippen molar-refractivity contribution in [2.75, 3.05) is 13.7 Å². The maximum Gasteiger partial charge on any atom is 0.451 e. The monoisotopic (exact) mass is 373 g/mol. The summed E-state index contributed by atoms with van der Waals surface area (Å²) in [5, 5.41) is 18.0. The molecule has 0 aliphatic carbocycles. The third-order valence-corrected chi connectivity index (χ3v) is 3.47. The van der Waals surface area contributed by atoms with Gasteiger partial charge in [0.1, 0.15) is 6.04 Å². The highest BCUT2D eigenvalue weighted by molar-refractivity contribution is 5.94. The number of hydroxylamine groups is 2. The van der Waals surface area contributed by atoms with Gasteiger partial charge in [-0.25, -0.2) is 14.4 Å². The number of nitrogens with one attached hydrogen (secondary N) is 1. The quantitative estimate of drug-likeness (QED) is 0.381. The lowest BCUT2D eigenvalue weighted by Crippen LogP contribution is -2.52. The largest absolute Gasteiger partial charge is 0.480 e. The van der Waals surface area contributed by atoms with Crippen LogP contribution < -0.4 is 0 Å². The van der Waals surface area contributed by atoms with Crippen molar-refractivity contribution in [2.45, 2.75) is 59.9 Å². The van der Waals surface area contributed by atoms with Gasteiger partial charge in [-0.1, -0.05) is 52.5 Å². The Morgan fingerprint density at radius 2 is 1.73 bits per heavy atom. The van der Waals surface area contributed by atoms with Crippen molar-refractivity contribution >= 4 is 24.0 Å². The van der Waals surface area contributed by atoms with Crippen LogP contribution in [-0.2, 0) is 19.2 Å². The number of likely N-dealkylation sites (N-methyl/N-ethyl adjacent to an activating group) is 1. The Hall–Kier alpha value is -2.32. The predicted octanol–water partition coefficient (Wildman–Crippen LogP) is 2.71. The summed E-state index contributed by atoms with van der Waals surface area (Å²) in [6.07, 6.45) is 0.674. The van der Waals surface area contributed by atoms with Crippen LogP contribution in [0.25, 0.3) is 0 Å². The minimum Gasteiger partial charge on any atom is -0.480 e. The van der Waals surface area contributed by atoms with E-state index in [0.717, 1.165) is 11.3 Å². The van der Waals surface area contributed by atoms with E-state index in [1.54, 1.807) is 13.8 Å². The Bertz CT molecular complexity index is 507. The van der Waals surface area contributed by atoms with Gasteiger partial charge in [0.25, 0.3) is 0 Å². The molecule has 0 aromatic rings. The molecular weight excluding hydrogens is 342 g/mol. The van der Waals surface area contributed by atoms with Gasteiger partial charge in [0.15, 0.2) is 0 Å². The van der Waals surface area contributed by atoms with E-state index >= 15 is 0 Å². The molecule has 1 amide bonds. The molecule has 0 bridgehead atoms. The Labute approximate surface area is 154 Å². The lowest BCUT2D eigenvalue weighted by molar-refractivity contribution is -0.174. The molecule has 0 aliphatic rings. The zero-order chi connectivity index (χ0) is 20.4. The second kappa shape index (κ2) is 11.3. The van der Waals surface area contributed by atoms with Gasteiger partial charge in [-0.15, -0.1) is 0 Å². The van der Waals surface area contributed by atoms with Gasteiger partial charge in [0, 0.05) is 7.05 Å². The third kappa shape index (κ3) is 7.71. The van der Waals surface area contributed by atoms with Gasteiger partial charge >= 0.3 is 18.0 Å². The number of nitrogens with zero attached hydrogens (tertiary/aromatic N) is 2. The normalized spacial score (nSPS) is 11.8. The molecule has 0 radical (unpaired) electrons. The molecule has 1 unspecified atom stereocenters. The smallest absolute Gasteiger partial charge is 0.451 e. The molecule has 0 saturated carbocycles. The second-order valence-corrected chi connectivity index (χ2v) is 6.76. The van der Waals surface area contributed by atoms with Crippen LogP contribution in [0.3, 0.4) is 0 Å². The van der Waals surface area contributed by atoms with Crippen LogP contribution in [0.1, 0.15) is 53.9 Å². The highest BCUT2D eigenvalue weighted by atomic mass is 16.8. The van der Waals surface area contributed by atoms with Crippen LogP contribution in [0.2, 0.25) is 0 Å². The first-order chi connectivity index (χ1) is 12.0. The van der Waals surface area contributed by atoms with E-state index in [1.165, 1.54) is 7.05 Å². The van der Waals surface area contributed by atoms with Crippen molar-refractivity contribution in [1.29, 1.82) is 5.41 Å². The molecule has 0 rings (SSSR count). The van der Waals surface area contributed by atoms with Crippen molar-refractivity contribution in [3.8, 4) is 0 Å². The first-order valence-electron chi connectivity index (χ1n) is 8.75. The van der Waals surface area contributed by atoms with Gasteiger partial charge in [0.2, 0.25) is 5.96 Å². The fraction of sp³-hybridized carbons (Fsp3) is 0.765. The van der Waals surface area contributed by atoms with Gasteiger partial charge < -0.3 is 19.6 Å². The fourth-order valence-corrected chi connectivity index (χ4v) is 1.83. The van der Waals surface area contributed by atoms with E-state index in [9.17, 15) is 19.5 Å². The number of carbonyl (C=O) groups excluding carboxylic acids is 2. The van der Waals surface area contributed by atoms with Crippen LogP contribution in [0.15, 0.2) is 0 Å². The lowest BCUT2D eigenvalue weighted by atomic mass is 10.1. The van der Waals surface area contributed by atoms with E-state index < -0.39 is 36.0 Å². The predicted molar refractivity (Wildman–Crippen MR) is 95.4 cm³/mol. The number of aliphatic carboxylic acids is 1. The maximum atomic E-state index is 12.3. The lowest BCUT2D eigenvalue weighted by Gasteiger charge is -2.31. The summed E-state index contributed by atoms with van der Waals surface area (Å²) >= 11 is 0. The summed E-state index contributed by atoms with van der Waals surface area (Å²) in [4.78, 5) is 41.7. The molecule has 0 fully saturated rings. The number of rotatable bonds is 8. The molecule has 0 spiro atoms. The molecule has 0 aromatic heterocycles. The number of guanidine groups is 1. The fourth-order valence-electron chi connectivity index (χ4n) is 1.83. The minimum atomic E-state index is -1.13. The highest BCUT2D eigenvalue weighted by Crippen LogP contribution is 2.13. The molecule has 9 heteroatoms. The average molecular weight is 373 g/mol. The topological polar surface area (TPSA) is 120 Å². The molecule has 1 atom stereocenters. The number of unbranched alkanes of at least 4 members (excludes halogenated alkanes) is 1. The second-order valence-electron chi connectivity index (χ2n) is 6.76. The molecule has 150 valence electrons. The standard InChI is InChI=1S/C17H31N3O6/c1-7-8-9-13(14(21)22)19(6)16(18)20(26-15(23)12(4)5)17(24)25-10-11(2)3/h11-13,18H,7-10H2,1-6H3,(H,21,22). The number of carboxylic acids is 1. The number of hydrogen-bond donors (Lipinski definition) is 2. The summed E-state index contributed by atoms with van der Waals surface area (Å²) in [6, 6.07) is -1.03. The minimum absolute atomic E-state index is 0.0461. The molecule has 0 aliphatic heterocycles. The van der Waals surface area contributed by atoms with Crippen LogP contribution in [0, 0.1) is 17.2 Å². The molecular formula is C17H31N3O6. The van der Waals surface area contributed by atoms with E-state index in [4.69, 9.17) is 15.0 Å². The van der Waals surface area contributed by atoms with Gasteiger partial charge in [-0.2, -0.15) is 0 Å². The third-order valence-electron chi connectivity index (χ3n) is 3.47. The van der Waals surface area contributed by atoms with Crippen molar-refractivity contribution in [2.24, 2.45) is 11.8 Å². The van der Waals surface area contributed by atoms with Crippen molar-refractivity contribution in [3.05, 3.63) is 0 Å². The van der Waals surface area contributed by atoms with Crippen LogP contribution >= 0.6 is 0 Å². The summed E-state index contributed by atoms with van der Waals surface area (Å²) in [5.74, 6) is -2.92. The van der Waals surface area contributed by atoms with E-state index in [-0.39, 0.29) is 18.9 Å². The molecule has 0 saturated heterocycles. The molecule has 9 nitrogen and oxygen atoms in total. The van der Waals surface area contributed by atoms with Crippen molar-refractivity contribution in [1.82, 2.24) is 9.96 Å². The Balaban J connectivity index is 5.41. The molecule has 26 heavy (non-hydrogen) atoms.